The number of hydrogen-bond donors (Lipinski definition) is 2. The molecule has 0 fully saturated rings. The first-order valence-corrected chi connectivity index (χ1v) is 5.96. The zero-order chi connectivity index (χ0) is 13.1. The molecule has 2 heterocycles. The molecule has 1 atom stereocenters. The van der Waals surface area contributed by atoms with E-state index in [1.54, 1.807) is 6.26 Å². The van der Waals surface area contributed by atoms with Crippen molar-refractivity contribution >= 4 is 11.6 Å². The largest absolute Gasteiger partial charge is 0.469 e. The topological polar surface area (TPSA) is 77.0 Å². The van der Waals surface area contributed by atoms with Crippen molar-refractivity contribution in [3.05, 3.63) is 35.5 Å². The summed E-state index contributed by atoms with van der Waals surface area (Å²) in [6.45, 7) is 5.82. The first-order chi connectivity index (χ1) is 8.56. The molecule has 0 aliphatic rings. The quantitative estimate of drug-likeness (QED) is 0.865. The van der Waals surface area contributed by atoms with Gasteiger partial charge in [-0.05, 0) is 32.9 Å². The van der Waals surface area contributed by atoms with Crippen molar-refractivity contribution in [2.75, 3.05) is 11.1 Å². The van der Waals surface area contributed by atoms with Crippen LogP contribution in [-0.4, -0.2) is 16.0 Å². The average Bonchev–Trinajstić information content (AvgIpc) is 2.77. The molecule has 0 amide bonds. The van der Waals surface area contributed by atoms with E-state index in [0.29, 0.717) is 11.6 Å². The molecule has 0 radical (unpaired) electrons. The van der Waals surface area contributed by atoms with Crippen molar-refractivity contribution in [3.63, 3.8) is 0 Å². The number of nitrogens with zero attached hydrogens (tertiary/aromatic N) is 2. The molecule has 3 N–H and O–H groups in total. The Bertz CT molecular complexity index is 522. The Kier molecular flexibility index (Phi) is 3.50. The maximum absolute atomic E-state index is 5.82. The van der Waals surface area contributed by atoms with Crippen LogP contribution in [0.5, 0.6) is 0 Å². The van der Waals surface area contributed by atoms with Gasteiger partial charge in [0.05, 0.1) is 6.26 Å². The van der Waals surface area contributed by atoms with E-state index in [1.165, 1.54) is 0 Å². The second kappa shape index (κ2) is 5.08. The summed E-state index contributed by atoms with van der Waals surface area (Å²) in [4.78, 5) is 8.49. The molecule has 0 spiro atoms. The number of rotatable bonds is 4. The lowest BCUT2D eigenvalue weighted by molar-refractivity contribution is 0.497. The van der Waals surface area contributed by atoms with Crippen molar-refractivity contribution in [3.8, 4) is 0 Å². The molecule has 1 unspecified atom stereocenters. The summed E-state index contributed by atoms with van der Waals surface area (Å²) in [7, 11) is 0. The van der Waals surface area contributed by atoms with E-state index in [0.717, 1.165) is 23.6 Å². The van der Waals surface area contributed by atoms with Crippen molar-refractivity contribution in [1.82, 2.24) is 9.97 Å². The Hall–Kier alpha value is -2.04. The van der Waals surface area contributed by atoms with E-state index in [9.17, 15) is 0 Å². The molecule has 0 aromatic carbocycles. The maximum Gasteiger partial charge on any atom is 0.134 e. The van der Waals surface area contributed by atoms with Crippen LogP contribution in [0, 0.1) is 13.8 Å². The fourth-order valence-corrected chi connectivity index (χ4v) is 1.81. The highest BCUT2D eigenvalue weighted by atomic mass is 16.3. The molecule has 5 nitrogen and oxygen atoms in total. The second-order valence-corrected chi connectivity index (χ2v) is 4.46. The fourth-order valence-electron chi connectivity index (χ4n) is 1.81. The third-order valence-corrected chi connectivity index (χ3v) is 2.77. The summed E-state index contributed by atoms with van der Waals surface area (Å²) >= 11 is 0. The van der Waals surface area contributed by atoms with Crippen molar-refractivity contribution in [2.45, 2.75) is 33.2 Å². The molecule has 2 aromatic heterocycles. The predicted molar refractivity (Wildman–Crippen MR) is 71.4 cm³/mol. The van der Waals surface area contributed by atoms with Crippen LogP contribution in [0.1, 0.15) is 24.1 Å². The summed E-state index contributed by atoms with van der Waals surface area (Å²) in [5, 5.41) is 3.34. The Morgan fingerprint density at radius 1 is 1.39 bits per heavy atom. The molecule has 0 aliphatic heterocycles. The Labute approximate surface area is 106 Å². The Morgan fingerprint density at radius 3 is 2.83 bits per heavy atom. The first kappa shape index (κ1) is 12.4. The van der Waals surface area contributed by atoms with Crippen LogP contribution in [-0.2, 0) is 6.42 Å². The highest BCUT2D eigenvalue weighted by Gasteiger charge is 2.11. The van der Waals surface area contributed by atoms with Gasteiger partial charge in [0.1, 0.15) is 23.2 Å². The lowest BCUT2D eigenvalue weighted by Crippen LogP contribution is -2.20. The molecule has 0 aliphatic carbocycles. The maximum atomic E-state index is 5.82. The summed E-state index contributed by atoms with van der Waals surface area (Å²) in [6, 6.07) is 4.06. The van der Waals surface area contributed by atoms with E-state index in [4.69, 9.17) is 10.2 Å². The van der Waals surface area contributed by atoms with E-state index < -0.39 is 0 Å². The van der Waals surface area contributed by atoms with E-state index in [1.807, 2.05) is 26.0 Å². The molecule has 96 valence electrons. The van der Waals surface area contributed by atoms with Crippen LogP contribution in [0.2, 0.25) is 0 Å². The number of furan rings is 1. The van der Waals surface area contributed by atoms with Crippen LogP contribution in [0.15, 0.2) is 22.8 Å². The minimum absolute atomic E-state index is 0.212. The molecule has 18 heavy (non-hydrogen) atoms. The van der Waals surface area contributed by atoms with E-state index in [2.05, 4.69) is 22.2 Å². The van der Waals surface area contributed by atoms with Gasteiger partial charge in [0, 0.05) is 18.0 Å². The standard InChI is InChI=1S/C13H18N4O/c1-8(7-11-5-4-6-18-11)15-13-9(2)12(14)16-10(3)17-13/h4-6,8H,7H2,1-3H3,(H3,14,15,16,17). The van der Waals surface area contributed by atoms with Gasteiger partial charge in [-0.1, -0.05) is 0 Å². The molecular formula is C13H18N4O. The molecule has 2 aromatic rings. The van der Waals surface area contributed by atoms with Gasteiger partial charge in [-0.3, -0.25) is 0 Å². The van der Waals surface area contributed by atoms with Crippen LogP contribution in [0.3, 0.4) is 0 Å². The van der Waals surface area contributed by atoms with Gasteiger partial charge < -0.3 is 15.5 Å². The first-order valence-electron chi connectivity index (χ1n) is 5.96. The van der Waals surface area contributed by atoms with Crippen LogP contribution in [0.25, 0.3) is 0 Å². The predicted octanol–water partition coefficient (Wildman–Crippen LogP) is 2.31. The highest BCUT2D eigenvalue weighted by molar-refractivity contribution is 5.55. The number of hydrogen-bond acceptors (Lipinski definition) is 5. The van der Waals surface area contributed by atoms with E-state index in [-0.39, 0.29) is 6.04 Å². The third-order valence-electron chi connectivity index (χ3n) is 2.77. The monoisotopic (exact) mass is 246 g/mol. The van der Waals surface area contributed by atoms with Gasteiger partial charge in [0.15, 0.2) is 0 Å². The smallest absolute Gasteiger partial charge is 0.134 e. The molecule has 0 bridgehead atoms. The number of nitrogens with two attached hydrogens (primary N) is 1. The summed E-state index contributed by atoms with van der Waals surface area (Å²) < 4.78 is 5.32. The number of anilines is 2. The molecule has 2 rings (SSSR count). The lowest BCUT2D eigenvalue weighted by atomic mass is 10.2. The van der Waals surface area contributed by atoms with Crippen molar-refractivity contribution in [1.29, 1.82) is 0 Å². The van der Waals surface area contributed by atoms with Gasteiger partial charge >= 0.3 is 0 Å². The van der Waals surface area contributed by atoms with Crippen LogP contribution < -0.4 is 11.1 Å². The molecule has 0 saturated heterocycles. The third kappa shape index (κ3) is 2.80. The summed E-state index contributed by atoms with van der Waals surface area (Å²) in [6.07, 6.45) is 2.48. The van der Waals surface area contributed by atoms with Gasteiger partial charge in [-0.25, -0.2) is 9.97 Å². The normalized spacial score (nSPS) is 12.4. The summed E-state index contributed by atoms with van der Waals surface area (Å²) in [5.74, 6) is 2.94. The van der Waals surface area contributed by atoms with Crippen LogP contribution >= 0.6 is 0 Å². The van der Waals surface area contributed by atoms with Crippen molar-refractivity contribution < 1.29 is 4.42 Å². The lowest BCUT2D eigenvalue weighted by Gasteiger charge is -2.16. The highest BCUT2D eigenvalue weighted by Crippen LogP contribution is 2.18. The van der Waals surface area contributed by atoms with Crippen molar-refractivity contribution in [2.24, 2.45) is 0 Å². The average molecular weight is 246 g/mol. The van der Waals surface area contributed by atoms with Gasteiger partial charge in [0.2, 0.25) is 0 Å². The number of aryl methyl sites for hydroxylation is 1. The zero-order valence-electron chi connectivity index (χ0n) is 10.9. The number of aromatic nitrogens is 2. The number of nitrogens with one attached hydrogen (secondary N) is 1. The summed E-state index contributed by atoms with van der Waals surface area (Å²) in [5.41, 5.74) is 6.70. The molecule has 0 saturated carbocycles. The minimum atomic E-state index is 0.212. The van der Waals surface area contributed by atoms with Gasteiger partial charge in [-0.2, -0.15) is 0 Å². The zero-order valence-corrected chi connectivity index (χ0v) is 10.9. The Balaban J connectivity index is 2.09. The van der Waals surface area contributed by atoms with E-state index >= 15 is 0 Å². The fraction of sp³-hybridized carbons (Fsp3) is 0.385. The SMILES string of the molecule is Cc1nc(N)c(C)c(NC(C)Cc2ccco2)n1. The van der Waals surface area contributed by atoms with Gasteiger partial charge in [0.25, 0.3) is 0 Å². The van der Waals surface area contributed by atoms with Crippen LogP contribution in [0.4, 0.5) is 11.6 Å². The van der Waals surface area contributed by atoms with Gasteiger partial charge in [-0.15, -0.1) is 0 Å². The Morgan fingerprint density at radius 2 is 2.17 bits per heavy atom. The molecular weight excluding hydrogens is 228 g/mol. The number of nitrogen functional groups attached to an aromatic ring is 1. The minimum Gasteiger partial charge on any atom is -0.469 e. The second-order valence-electron chi connectivity index (χ2n) is 4.46. The molecule has 5 heteroatoms.